The van der Waals surface area contributed by atoms with Crippen LogP contribution in [0.5, 0.6) is 0 Å². The molecule has 28 heavy (non-hydrogen) atoms. The van der Waals surface area contributed by atoms with Gasteiger partial charge in [0.05, 0.1) is 11.1 Å². The maximum Gasteiger partial charge on any atom is 0.322 e. The molecule has 1 aromatic rings. The second-order valence-electron chi connectivity index (χ2n) is 7.06. The van der Waals surface area contributed by atoms with E-state index in [9.17, 15) is 19.2 Å². The summed E-state index contributed by atoms with van der Waals surface area (Å²) in [6.45, 7) is 0.150. The number of hydrogen-bond donors (Lipinski definition) is 2. The summed E-state index contributed by atoms with van der Waals surface area (Å²) in [7, 11) is 0. The Labute approximate surface area is 165 Å². The van der Waals surface area contributed by atoms with Crippen molar-refractivity contribution in [2.45, 2.75) is 57.8 Å². The molecule has 0 saturated heterocycles. The van der Waals surface area contributed by atoms with Gasteiger partial charge in [0.1, 0.15) is 6.54 Å². The summed E-state index contributed by atoms with van der Waals surface area (Å²) >= 11 is 0. The molecule has 7 heteroatoms. The number of benzene rings is 1. The molecule has 1 aliphatic rings. The first-order valence-electron chi connectivity index (χ1n) is 9.94. The summed E-state index contributed by atoms with van der Waals surface area (Å²) in [4.78, 5) is 47.5. The summed E-state index contributed by atoms with van der Waals surface area (Å²) in [6, 6.07) is 6.95. The van der Waals surface area contributed by atoms with Crippen LogP contribution in [0.15, 0.2) is 24.3 Å². The second-order valence-corrected chi connectivity index (χ2v) is 7.06. The first-order valence-corrected chi connectivity index (χ1v) is 9.94. The van der Waals surface area contributed by atoms with E-state index in [1.807, 2.05) is 0 Å². The van der Waals surface area contributed by atoms with Crippen LogP contribution >= 0.6 is 0 Å². The monoisotopic (exact) mass is 388 g/mol. The van der Waals surface area contributed by atoms with Crippen molar-refractivity contribution >= 4 is 23.7 Å². The Morgan fingerprint density at radius 3 is 1.86 bits per heavy atom. The fraction of sp³-hybridized carbons (Fsp3) is 0.524. The van der Waals surface area contributed by atoms with Crippen molar-refractivity contribution in [3.05, 3.63) is 35.4 Å². The van der Waals surface area contributed by atoms with Crippen LogP contribution in [0.3, 0.4) is 0 Å². The molecule has 0 aliphatic carbocycles. The summed E-state index contributed by atoms with van der Waals surface area (Å²) in [6.07, 6.45) is 8.17. The number of imide groups is 1. The van der Waals surface area contributed by atoms with Gasteiger partial charge in [-0.2, -0.15) is 0 Å². The summed E-state index contributed by atoms with van der Waals surface area (Å²) in [5, 5.41) is 10.8. The van der Waals surface area contributed by atoms with E-state index in [1.54, 1.807) is 24.3 Å². The van der Waals surface area contributed by atoms with E-state index >= 15 is 0 Å². The maximum absolute atomic E-state index is 12.2. The average molecular weight is 388 g/mol. The fourth-order valence-electron chi connectivity index (χ4n) is 3.32. The third kappa shape index (κ3) is 6.48. The van der Waals surface area contributed by atoms with Crippen LogP contribution < -0.4 is 5.32 Å². The quantitative estimate of drug-likeness (QED) is 0.399. The van der Waals surface area contributed by atoms with Gasteiger partial charge in [0.2, 0.25) is 5.91 Å². The number of carboxylic acids is 1. The Morgan fingerprint density at radius 1 is 0.821 bits per heavy atom. The number of fused-ring (bicyclic) bond motifs is 1. The molecule has 0 radical (unpaired) electrons. The van der Waals surface area contributed by atoms with E-state index in [4.69, 9.17) is 5.11 Å². The number of hydrogen-bond acceptors (Lipinski definition) is 4. The minimum absolute atomic E-state index is 0.187. The molecule has 1 aromatic carbocycles. The number of carboxylic acid groups (broad SMARTS) is 1. The van der Waals surface area contributed by atoms with Crippen LogP contribution in [0.1, 0.15) is 78.5 Å². The molecule has 1 heterocycles. The molecule has 2 rings (SSSR count). The molecule has 7 nitrogen and oxygen atoms in total. The Kier molecular flexibility index (Phi) is 8.65. The molecule has 2 N–H and O–H groups in total. The van der Waals surface area contributed by atoms with Crippen molar-refractivity contribution in [3.8, 4) is 0 Å². The van der Waals surface area contributed by atoms with Crippen LogP contribution in [0.25, 0.3) is 0 Å². The third-order valence-electron chi connectivity index (χ3n) is 4.85. The van der Waals surface area contributed by atoms with E-state index < -0.39 is 5.97 Å². The predicted octanol–water partition coefficient (Wildman–Crippen LogP) is 2.99. The minimum atomic E-state index is -1.03. The molecule has 152 valence electrons. The Hall–Kier alpha value is -2.70. The molecule has 0 atom stereocenters. The molecular weight excluding hydrogens is 360 g/mol. The van der Waals surface area contributed by atoms with E-state index in [2.05, 4.69) is 5.32 Å². The molecule has 0 fully saturated rings. The molecule has 0 spiro atoms. The fourth-order valence-corrected chi connectivity index (χ4v) is 3.32. The number of carbonyl (C=O) groups is 4. The highest BCUT2D eigenvalue weighted by Gasteiger charge is 2.34. The van der Waals surface area contributed by atoms with Gasteiger partial charge in [0, 0.05) is 13.0 Å². The molecule has 0 aromatic heterocycles. The van der Waals surface area contributed by atoms with Gasteiger partial charge in [0.25, 0.3) is 11.8 Å². The Balaban J connectivity index is 1.46. The molecule has 3 amide bonds. The number of amides is 3. The van der Waals surface area contributed by atoms with E-state index in [1.165, 1.54) is 4.90 Å². The number of nitrogens with zero attached hydrogens (tertiary/aromatic N) is 1. The average Bonchev–Trinajstić information content (AvgIpc) is 2.92. The van der Waals surface area contributed by atoms with Gasteiger partial charge in [-0.25, -0.2) is 0 Å². The van der Waals surface area contributed by atoms with Crippen LogP contribution in [0.4, 0.5) is 0 Å². The van der Waals surface area contributed by atoms with Gasteiger partial charge in [0.15, 0.2) is 0 Å². The number of unbranched alkanes of at least 4 members (excludes halogenated alkanes) is 7. The number of aliphatic carboxylic acids is 1. The van der Waals surface area contributed by atoms with Gasteiger partial charge in [-0.1, -0.05) is 50.7 Å². The van der Waals surface area contributed by atoms with Crippen molar-refractivity contribution in [2.75, 3.05) is 13.1 Å². The van der Waals surface area contributed by atoms with Crippen LogP contribution in [0.2, 0.25) is 0 Å². The van der Waals surface area contributed by atoms with Gasteiger partial charge in [-0.3, -0.25) is 24.1 Å². The maximum atomic E-state index is 12.2. The van der Waals surface area contributed by atoms with Crippen LogP contribution in [-0.4, -0.2) is 46.8 Å². The summed E-state index contributed by atoms with van der Waals surface area (Å²) in [5.74, 6) is -1.62. The minimum Gasteiger partial charge on any atom is -0.480 e. The zero-order chi connectivity index (χ0) is 20.4. The lowest BCUT2D eigenvalue weighted by Gasteiger charge is -2.13. The smallest absolute Gasteiger partial charge is 0.322 e. The first-order chi connectivity index (χ1) is 13.5. The second kappa shape index (κ2) is 11.2. The SMILES string of the molecule is O=C(O)CNC(=O)CCCCCCCCCCN1C(=O)c2ccccc2C1=O. The van der Waals surface area contributed by atoms with Crippen molar-refractivity contribution < 1.29 is 24.3 Å². The highest BCUT2D eigenvalue weighted by atomic mass is 16.4. The molecule has 1 aliphatic heterocycles. The Bertz CT molecular complexity index is 682. The van der Waals surface area contributed by atoms with E-state index in [0.717, 1.165) is 51.4 Å². The zero-order valence-corrected chi connectivity index (χ0v) is 16.1. The van der Waals surface area contributed by atoms with Gasteiger partial charge in [-0.15, -0.1) is 0 Å². The predicted molar refractivity (Wildman–Crippen MR) is 104 cm³/mol. The zero-order valence-electron chi connectivity index (χ0n) is 16.1. The van der Waals surface area contributed by atoms with Crippen molar-refractivity contribution in [3.63, 3.8) is 0 Å². The normalized spacial score (nSPS) is 12.9. The van der Waals surface area contributed by atoms with Crippen molar-refractivity contribution in [1.82, 2.24) is 10.2 Å². The number of carbonyl (C=O) groups excluding carboxylic acids is 3. The molecule has 0 saturated carbocycles. The Morgan fingerprint density at radius 2 is 1.32 bits per heavy atom. The number of rotatable bonds is 13. The van der Waals surface area contributed by atoms with Crippen LogP contribution in [0, 0.1) is 0 Å². The van der Waals surface area contributed by atoms with Crippen LogP contribution in [-0.2, 0) is 9.59 Å². The lowest BCUT2D eigenvalue weighted by Crippen LogP contribution is -2.30. The number of nitrogens with one attached hydrogen (secondary N) is 1. The first kappa shape index (κ1) is 21.6. The van der Waals surface area contributed by atoms with Crippen molar-refractivity contribution in [2.24, 2.45) is 0 Å². The summed E-state index contributed by atoms with van der Waals surface area (Å²) in [5.41, 5.74) is 1.01. The van der Waals surface area contributed by atoms with Gasteiger partial charge >= 0.3 is 5.97 Å². The van der Waals surface area contributed by atoms with Crippen molar-refractivity contribution in [1.29, 1.82) is 0 Å². The van der Waals surface area contributed by atoms with Gasteiger partial charge < -0.3 is 10.4 Å². The van der Waals surface area contributed by atoms with E-state index in [-0.39, 0.29) is 24.3 Å². The lowest BCUT2D eigenvalue weighted by atomic mass is 10.1. The standard InChI is InChI=1S/C21H28N2O5/c24-18(22-15-19(25)26)13-7-5-3-1-2-4-6-10-14-23-20(27)16-11-8-9-12-17(16)21(23)28/h8-9,11-12H,1-7,10,13-15H2,(H,22,24)(H,25,26). The molecule has 0 unspecified atom stereocenters. The highest BCUT2D eigenvalue weighted by Crippen LogP contribution is 2.23. The van der Waals surface area contributed by atoms with E-state index in [0.29, 0.717) is 24.1 Å². The van der Waals surface area contributed by atoms with Gasteiger partial charge in [-0.05, 0) is 25.0 Å². The highest BCUT2D eigenvalue weighted by molar-refractivity contribution is 6.21. The summed E-state index contributed by atoms with van der Waals surface area (Å²) < 4.78 is 0. The molecular formula is C21H28N2O5. The lowest BCUT2D eigenvalue weighted by molar-refractivity contribution is -0.137. The third-order valence-corrected chi connectivity index (χ3v) is 4.85. The molecule has 0 bridgehead atoms. The topological polar surface area (TPSA) is 104 Å². The largest absolute Gasteiger partial charge is 0.480 e.